The van der Waals surface area contributed by atoms with Gasteiger partial charge in [0.05, 0.1) is 13.4 Å². The van der Waals surface area contributed by atoms with Gasteiger partial charge in [-0.25, -0.2) is 0 Å². The molecule has 35 heavy (non-hydrogen) atoms. The van der Waals surface area contributed by atoms with Gasteiger partial charge in [0.15, 0.2) is 17.3 Å². The van der Waals surface area contributed by atoms with Gasteiger partial charge < -0.3 is 23.9 Å². The Morgan fingerprint density at radius 1 is 1.00 bits per heavy atom. The molecule has 0 bridgehead atoms. The fourth-order valence-corrected chi connectivity index (χ4v) is 4.69. The highest BCUT2D eigenvalue weighted by molar-refractivity contribution is 6.08. The van der Waals surface area contributed by atoms with E-state index < -0.39 is 11.9 Å². The third-order valence-corrected chi connectivity index (χ3v) is 6.45. The third kappa shape index (κ3) is 4.82. The highest BCUT2D eigenvalue weighted by Crippen LogP contribution is 2.39. The molecule has 0 spiro atoms. The molecule has 1 atom stereocenters. The number of ether oxygens (including phenoxy) is 3. The smallest absolute Gasteiger partial charge is 0.294 e. The lowest BCUT2D eigenvalue weighted by molar-refractivity contribution is -0.123. The maximum absolute atomic E-state index is 13.9. The van der Waals surface area contributed by atoms with Crippen LogP contribution >= 0.6 is 0 Å². The molecule has 8 nitrogen and oxygen atoms in total. The molecule has 2 aliphatic rings. The summed E-state index contributed by atoms with van der Waals surface area (Å²) in [7, 11) is 1.57. The van der Waals surface area contributed by atoms with Crippen LogP contribution in [-0.2, 0) is 4.79 Å². The van der Waals surface area contributed by atoms with Crippen LogP contribution in [0, 0.1) is 0 Å². The van der Waals surface area contributed by atoms with Gasteiger partial charge in [-0.15, -0.1) is 0 Å². The molecule has 1 fully saturated rings. The number of hydrogen-bond acceptors (Lipinski definition) is 6. The van der Waals surface area contributed by atoms with E-state index in [0.717, 1.165) is 25.7 Å². The van der Waals surface area contributed by atoms with Crippen LogP contribution in [0.1, 0.15) is 54.3 Å². The van der Waals surface area contributed by atoms with Crippen molar-refractivity contribution >= 4 is 17.5 Å². The molecule has 8 heteroatoms. The summed E-state index contributed by atoms with van der Waals surface area (Å²) in [6.07, 6.45) is 6.61. The number of carbonyl (C=O) groups excluding carboxylic acids is 2. The Hall–Kier alpha value is -3.94. The predicted octanol–water partition coefficient (Wildman–Crippen LogP) is 4.85. The second-order valence-electron chi connectivity index (χ2n) is 8.71. The van der Waals surface area contributed by atoms with Crippen molar-refractivity contribution in [2.75, 3.05) is 18.8 Å². The molecule has 1 unspecified atom stereocenters. The lowest BCUT2D eigenvalue weighted by Crippen LogP contribution is -2.47. The molecule has 2 aromatic carbocycles. The molecule has 5 rings (SSSR count). The van der Waals surface area contributed by atoms with Gasteiger partial charge in [-0.05, 0) is 54.8 Å². The number of anilines is 1. The first-order valence-corrected chi connectivity index (χ1v) is 11.8. The average Bonchev–Trinajstić information content (AvgIpc) is 3.59. The van der Waals surface area contributed by atoms with Crippen LogP contribution in [0.15, 0.2) is 65.3 Å². The van der Waals surface area contributed by atoms with E-state index in [2.05, 4.69) is 5.32 Å². The Morgan fingerprint density at radius 2 is 1.83 bits per heavy atom. The monoisotopic (exact) mass is 476 g/mol. The summed E-state index contributed by atoms with van der Waals surface area (Å²) in [6.45, 7) is 0.104. The average molecular weight is 477 g/mol. The summed E-state index contributed by atoms with van der Waals surface area (Å²) in [6, 6.07) is 14.7. The maximum atomic E-state index is 13.9. The topological polar surface area (TPSA) is 90.2 Å². The Bertz CT molecular complexity index is 1190. The molecule has 1 aliphatic carbocycles. The molecule has 1 aromatic heterocycles. The van der Waals surface area contributed by atoms with Crippen LogP contribution in [0.4, 0.5) is 5.69 Å². The zero-order valence-corrected chi connectivity index (χ0v) is 19.6. The van der Waals surface area contributed by atoms with Crippen LogP contribution < -0.4 is 24.4 Å². The fraction of sp³-hybridized carbons (Fsp3) is 0.333. The fourth-order valence-electron chi connectivity index (χ4n) is 4.69. The van der Waals surface area contributed by atoms with Crippen molar-refractivity contribution in [2.24, 2.45) is 0 Å². The number of furan rings is 1. The lowest BCUT2D eigenvalue weighted by atomic mass is 9.94. The summed E-state index contributed by atoms with van der Waals surface area (Å²) in [5.74, 6) is 1.11. The molecule has 0 saturated heterocycles. The van der Waals surface area contributed by atoms with Crippen molar-refractivity contribution in [1.82, 2.24) is 5.32 Å². The Balaban J connectivity index is 1.60. The van der Waals surface area contributed by atoms with Crippen LogP contribution in [-0.4, -0.2) is 31.8 Å². The SMILES string of the molecule is COc1cccc(C(C(=O)NC2CCCCC2)N(C(=O)c2ccco2)c2ccc3c(c2)OCO3)c1. The first-order valence-electron chi connectivity index (χ1n) is 11.8. The molecule has 2 heterocycles. The Labute approximate surface area is 203 Å². The standard InChI is InChI=1S/C27H28N2O6/c1-32-21-10-5-7-18(15-21)25(26(30)28-19-8-3-2-4-9-19)29(27(31)23-11-6-14-33-23)20-12-13-22-24(16-20)35-17-34-22/h5-7,10-16,19,25H,2-4,8-9,17H2,1H3,(H,28,30). The summed E-state index contributed by atoms with van der Waals surface area (Å²) in [5, 5.41) is 3.20. The normalized spacial score (nSPS) is 15.9. The Kier molecular flexibility index (Phi) is 6.61. The second-order valence-corrected chi connectivity index (χ2v) is 8.71. The van der Waals surface area contributed by atoms with E-state index in [9.17, 15) is 9.59 Å². The lowest BCUT2D eigenvalue weighted by Gasteiger charge is -2.33. The highest BCUT2D eigenvalue weighted by Gasteiger charge is 2.36. The molecule has 2 amide bonds. The number of nitrogens with zero attached hydrogens (tertiary/aromatic N) is 1. The van der Waals surface area contributed by atoms with E-state index in [-0.39, 0.29) is 24.5 Å². The van der Waals surface area contributed by atoms with Gasteiger partial charge in [0.1, 0.15) is 11.8 Å². The van der Waals surface area contributed by atoms with E-state index in [1.54, 1.807) is 49.6 Å². The van der Waals surface area contributed by atoms with E-state index >= 15 is 0 Å². The van der Waals surface area contributed by atoms with Gasteiger partial charge in [0, 0.05) is 17.8 Å². The summed E-state index contributed by atoms with van der Waals surface area (Å²) in [4.78, 5) is 29.2. The second kappa shape index (κ2) is 10.1. The van der Waals surface area contributed by atoms with Crippen LogP contribution in [0.25, 0.3) is 0 Å². The van der Waals surface area contributed by atoms with Crippen molar-refractivity contribution in [2.45, 2.75) is 44.2 Å². The van der Waals surface area contributed by atoms with Crippen LogP contribution in [0.2, 0.25) is 0 Å². The minimum Gasteiger partial charge on any atom is -0.497 e. The minimum atomic E-state index is -0.968. The number of rotatable bonds is 7. The van der Waals surface area contributed by atoms with Crippen molar-refractivity contribution in [3.05, 3.63) is 72.2 Å². The van der Waals surface area contributed by atoms with Crippen molar-refractivity contribution in [3.63, 3.8) is 0 Å². The molecule has 0 radical (unpaired) electrons. The van der Waals surface area contributed by atoms with Gasteiger partial charge in [-0.2, -0.15) is 0 Å². The number of benzene rings is 2. The number of hydrogen-bond donors (Lipinski definition) is 1. The van der Waals surface area contributed by atoms with Crippen LogP contribution in [0.5, 0.6) is 17.2 Å². The molecule has 182 valence electrons. The molecule has 3 aromatic rings. The molecule has 1 saturated carbocycles. The third-order valence-electron chi connectivity index (χ3n) is 6.45. The predicted molar refractivity (Wildman–Crippen MR) is 129 cm³/mol. The number of amides is 2. The number of fused-ring (bicyclic) bond motifs is 1. The van der Waals surface area contributed by atoms with Crippen molar-refractivity contribution in [3.8, 4) is 17.2 Å². The van der Waals surface area contributed by atoms with E-state index in [1.165, 1.54) is 17.6 Å². The summed E-state index contributed by atoms with van der Waals surface area (Å²) < 4.78 is 21.9. The zero-order chi connectivity index (χ0) is 24.2. The maximum Gasteiger partial charge on any atom is 0.294 e. The highest BCUT2D eigenvalue weighted by atomic mass is 16.7. The summed E-state index contributed by atoms with van der Waals surface area (Å²) >= 11 is 0. The number of nitrogens with one attached hydrogen (secondary N) is 1. The van der Waals surface area contributed by atoms with Gasteiger partial charge in [-0.3, -0.25) is 14.5 Å². The van der Waals surface area contributed by atoms with Gasteiger partial charge in [-0.1, -0.05) is 31.4 Å². The molecular formula is C27H28N2O6. The minimum absolute atomic E-state index is 0.0710. The number of methoxy groups -OCH3 is 1. The summed E-state index contributed by atoms with van der Waals surface area (Å²) in [5.41, 5.74) is 1.11. The zero-order valence-electron chi connectivity index (χ0n) is 19.6. The molecule has 1 aliphatic heterocycles. The largest absolute Gasteiger partial charge is 0.497 e. The van der Waals surface area contributed by atoms with E-state index in [4.69, 9.17) is 18.6 Å². The van der Waals surface area contributed by atoms with Crippen molar-refractivity contribution in [1.29, 1.82) is 0 Å². The Morgan fingerprint density at radius 3 is 2.60 bits per heavy atom. The van der Waals surface area contributed by atoms with Gasteiger partial charge in [0.2, 0.25) is 12.7 Å². The first-order chi connectivity index (χ1) is 17.1. The first kappa shape index (κ1) is 22.8. The van der Waals surface area contributed by atoms with Crippen molar-refractivity contribution < 1.29 is 28.2 Å². The molecular weight excluding hydrogens is 448 g/mol. The molecule has 1 N–H and O–H groups in total. The van der Waals surface area contributed by atoms with E-state index in [1.807, 2.05) is 12.1 Å². The quantitative estimate of drug-likeness (QED) is 0.524. The van der Waals surface area contributed by atoms with Gasteiger partial charge in [0.25, 0.3) is 5.91 Å². The van der Waals surface area contributed by atoms with Crippen LogP contribution in [0.3, 0.4) is 0 Å². The number of carbonyl (C=O) groups is 2. The van der Waals surface area contributed by atoms with Gasteiger partial charge >= 0.3 is 0 Å². The van der Waals surface area contributed by atoms with E-state index in [0.29, 0.717) is 28.5 Å².